The second kappa shape index (κ2) is 13.1. The molecule has 0 aliphatic rings. The minimum atomic E-state index is -0.665. The summed E-state index contributed by atoms with van der Waals surface area (Å²) >= 11 is 18.6. The van der Waals surface area contributed by atoms with E-state index in [4.69, 9.17) is 53.8 Å². The molecule has 7 nitrogen and oxygen atoms in total. The zero-order valence-corrected chi connectivity index (χ0v) is 22.5. The fourth-order valence-corrected chi connectivity index (χ4v) is 3.90. The quantitative estimate of drug-likeness (QED) is 0.208. The molecule has 0 spiro atoms. The maximum Gasteiger partial charge on any atom is 0.266 e. The van der Waals surface area contributed by atoms with Crippen molar-refractivity contribution in [3.05, 3.63) is 80.3 Å². The summed E-state index contributed by atoms with van der Waals surface area (Å²) in [5, 5.41) is 13.5. The number of rotatable bonds is 10. The first-order chi connectivity index (χ1) is 17.8. The standard InChI is InChI=1S/C27H23Cl3N2O5/c1-4-36-25-11-17(10-21(30)26(25)37-15-16-5-7-19(28)8-6-16)9-18(14-31)27(33)32-22-13-23(34-2)20(29)12-24(22)35-3/h5-13H,4,15H2,1-3H3,(H,32,33)/b18-9+. The van der Waals surface area contributed by atoms with Gasteiger partial charge in [0, 0.05) is 17.2 Å². The average Bonchev–Trinajstić information content (AvgIpc) is 2.88. The highest BCUT2D eigenvalue weighted by Crippen LogP contribution is 2.38. The van der Waals surface area contributed by atoms with E-state index in [2.05, 4.69) is 5.32 Å². The van der Waals surface area contributed by atoms with Crippen LogP contribution >= 0.6 is 34.8 Å². The lowest BCUT2D eigenvalue weighted by atomic mass is 10.1. The van der Waals surface area contributed by atoms with E-state index in [0.29, 0.717) is 45.2 Å². The number of carbonyl (C=O) groups excluding carboxylic acids is 1. The highest BCUT2D eigenvalue weighted by molar-refractivity contribution is 6.33. The predicted octanol–water partition coefficient (Wildman–Crippen LogP) is 7.19. The number of hydrogen-bond donors (Lipinski definition) is 1. The maximum absolute atomic E-state index is 12.9. The molecule has 37 heavy (non-hydrogen) atoms. The summed E-state index contributed by atoms with van der Waals surface area (Å²) in [6.07, 6.45) is 1.40. The van der Waals surface area contributed by atoms with Gasteiger partial charge in [0.15, 0.2) is 11.5 Å². The topological polar surface area (TPSA) is 89.8 Å². The number of hydrogen-bond acceptors (Lipinski definition) is 6. The molecule has 0 aliphatic carbocycles. The fourth-order valence-electron chi connectivity index (χ4n) is 3.27. The van der Waals surface area contributed by atoms with Crippen LogP contribution in [0.1, 0.15) is 18.1 Å². The third-order valence-corrected chi connectivity index (χ3v) is 5.85. The Morgan fingerprint density at radius 3 is 2.27 bits per heavy atom. The summed E-state index contributed by atoms with van der Waals surface area (Å²) in [5.74, 6) is 0.693. The summed E-state index contributed by atoms with van der Waals surface area (Å²) in [6, 6.07) is 15.4. The molecule has 1 N–H and O–H groups in total. The van der Waals surface area contributed by atoms with Crippen LogP contribution in [0, 0.1) is 11.3 Å². The molecular formula is C27H23Cl3N2O5. The van der Waals surface area contributed by atoms with Gasteiger partial charge in [-0.3, -0.25) is 4.79 Å². The van der Waals surface area contributed by atoms with Crippen LogP contribution in [0.3, 0.4) is 0 Å². The Kier molecular flexibility index (Phi) is 9.93. The van der Waals surface area contributed by atoms with E-state index in [1.807, 2.05) is 25.1 Å². The van der Waals surface area contributed by atoms with Gasteiger partial charge in [0.25, 0.3) is 5.91 Å². The number of carbonyl (C=O) groups is 1. The molecule has 3 rings (SSSR count). The number of benzene rings is 3. The molecule has 0 heterocycles. The van der Waals surface area contributed by atoms with Crippen LogP contribution in [-0.4, -0.2) is 26.7 Å². The maximum atomic E-state index is 12.9. The third-order valence-electron chi connectivity index (χ3n) is 5.03. The number of nitrogens with one attached hydrogen (secondary N) is 1. The smallest absolute Gasteiger partial charge is 0.266 e. The van der Waals surface area contributed by atoms with Gasteiger partial charge in [-0.2, -0.15) is 5.26 Å². The zero-order valence-electron chi connectivity index (χ0n) is 20.2. The van der Waals surface area contributed by atoms with Crippen molar-refractivity contribution in [1.82, 2.24) is 0 Å². The average molecular weight is 562 g/mol. The van der Waals surface area contributed by atoms with Crippen LogP contribution in [0.5, 0.6) is 23.0 Å². The Morgan fingerprint density at radius 1 is 0.946 bits per heavy atom. The van der Waals surface area contributed by atoms with Crippen molar-refractivity contribution in [2.45, 2.75) is 13.5 Å². The molecule has 0 saturated carbocycles. The number of ether oxygens (including phenoxy) is 4. The number of anilines is 1. The van der Waals surface area contributed by atoms with Crippen LogP contribution < -0.4 is 24.3 Å². The second-order valence-electron chi connectivity index (χ2n) is 7.49. The summed E-state index contributed by atoms with van der Waals surface area (Å²) in [6.45, 7) is 2.41. The van der Waals surface area contributed by atoms with Gasteiger partial charge in [-0.15, -0.1) is 0 Å². The zero-order chi connectivity index (χ0) is 26.9. The van der Waals surface area contributed by atoms with Crippen LogP contribution in [-0.2, 0) is 11.4 Å². The van der Waals surface area contributed by atoms with Crippen LogP contribution in [0.4, 0.5) is 5.69 Å². The van der Waals surface area contributed by atoms with Crippen LogP contribution in [0.25, 0.3) is 6.08 Å². The van der Waals surface area contributed by atoms with E-state index in [1.165, 1.54) is 32.4 Å². The van der Waals surface area contributed by atoms with Crippen molar-refractivity contribution in [3.63, 3.8) is 0 Å². The Balaban J connectivity index is 1.88. The Morgan fingerprint density at radius 2 is 1.65 bits per heavy atom. The van der Waals surface area contributed by atoms with E-state index < -0.39 is 5.91 Å². The largest absolute Gasteiger partial charge is 0.495 e. The van der Waals surface area contributed by atoms with Gasteiger partial charge >= 0.3 is 0 Å². The van der Waals surface area contributed by atoms with E-state index in [9.17, 15) is 10.1 Å². The molecule has 0 unspecified atom stereocenters. The SMILES string of the molecule is CCOc1cc(/C=C(\C#N)C(=O)Nc2cc(OC)c(Cl)cc2OC)cc(Cl)c1OCc1ccc(Cl)cc1. The van der Waals surface area contributed by atoms with Crippen molar-refractivity contribution in [2.24, 2.45) is 0 Å². The molecule has 3 aromatic rings. The first kappa shape index (κ1) is 28.0. The van der Waals surface area contributed by atoms with Gasteiger partial charge in [0.1, 0.15) is 29.7 Å². The van der Waals surface area contributed by atoms with E-state index in [0.717, 1.165) is 5.56 Å². The molecule has 0 radical (unpaired) electrons. The Labute approximate surface area is 230 Å². The van der Waals surface area contributed by atoms with Crippen LogP contribution in [0.2, 0.25) is 15.1 Å². The second-order valence-corrected chi connectivity index (χ2v) is 8.74. The Hall–Kier alpha value is -3.57. The monoisotopic (exact) mass is 560 g/mol. The highest BCUT2D eigenvalue weighted by Gasteiger charge is 2.17. The first-order valence-electron chi connectivity index (χ1n) is 11.0. The summed E-state index contributed by atoms with van der Waals surface area (Å²) in [7, 11) is 2.88. The fraction of sp³-hybridized carbons (Fsp3) is 0.185. The molecule has 0 aromatic heterocycles. The summed E-state index contributed by atoms with van der Waals surface area (Å²) in [5.41, 5.74) is 1.47. The van der Waals surface area contributed by atoms with Crippen molar-refractivity contribution in [3.8, 4) is 29.1 Å². The number of nitrogens with zero attached hydrogens (tertiary/aromatic N) is 1. The van der Waals surface area contributed by atoms with Gasteiger partial charge in [-0.25, -0.2) is 0 Å². The van der Waals surface area contributed by atoms with Crippen molar-refractivity contribution >= 4 is 52.5 Å². The van der Waals surface area contributed by atoms with E-state index in [1.54, 1.807) is 24.3 Å². The van der Waals surface area contributed by atoms with Crippen molar-refractivity contribution in [1.29, 1.82) is 5.26 Å². The van der Waals surface area contributed by atoms with Gasteiger partial charge in [-0.05, 0) is 48.4 Å². The molecular weight excluding hydrogens is 539 g/mol. The lowest BCUT2D eigenvalue weighted by molar-refractivity contribution is -0.112. The van der Waals surface area contributed by atoms with Gasteiger partial charge in [0.05, 0.1) is 36.6 Å². The molecule has 0 fully saturated rings. The molecule has 0 atom stereocenters. The normalized spacial score (nSPS) is 10.9. The predicted molar refractivity (Wildman–Crippen MR) is 145 cm³/mol. The van der Waals surface area contributed by atoms with E-state index in [-0.39, 0.29) is 22.9 Å². The molecule has 192 valence electrons. The van der Waals surface area contributed by atoms with E-state index >= 15 is 0 Å². The summed E-state index contributed by atoms with van der Waals surface area (Å²) < 4.78 is 22.1. The third kappa shape index (κ3) is 7.23. The van der Waals surface area contributed by atoms with Gasteiger partial charge < -0.3 is 24.3 Å². The molecule has 0 saturated heterocycles. The Bertz CT molecular complexity index is 1350. The molecule has 1 amide bonds. The molecule has 3 aromatic carbocycles. The first-order valence-corrected chi connectivity index (χ1v) is 12.1. The number of nitriles is 1. The lowest BCUT2D eigenvalue weighted by Gasteiger charge is -2.15. The summed E-state index contributed by atoms with van der Waals surface area (Å²) in [4.78, 5) is 12.9. The lowest BCUT2D eigenvalue weighted by Crippen LogP contribution is -2.14. The number of methoxy groups -OCH3 is 2. The van der Waals surface area contributed by atoms with Crippen LogP contribution in [0.15, 0.2) is 54.1 Å². The van der Waals surface area contributed by atoms with Crippen molar-refractivity contribution in [2.75, 3.05) is 26.1 Å². The van der Waals surface area contributed by atoms with Crippen molar-refractivity contribution < 1.29 is 23.7 Å². The molecule has 0 bridgehead atoms. The number of amides is 1. The highest BCUT2D eigenvalue weighted by atomic mass is 35.5. The van der Waals surface area contributed by atoms with Gasteiger partial charge in [0.2, 0.25) is 0 Å². The minimum Gasteiger partial charge on any atom is -0.495 e. The molecule has 0 aliphatic heterocycles. The molecule has 10 heteroatoms. The van der Waals surface area contributed by atoms with Gasteiger partial charge in [-0.1, -0.05) is 46.9 Å². The minimum absolute atomic E-state index is 0.177. The number of halogens is 3.